The van der Waals surface area contributed by atoms with Gasteiger partial charge in [0.15, 0.2) is 0 Å². The molecule has 0 saturated heterocycles. The number of carbonyl (C=O) groups is 2. The van der Waals surface area contributed by atoms with Gasteiger partial charge < -0.3 is 21.3 Å². The molecule has 1 aliphatic heterocycles. The Hall–Kier alpha value is -2.73. The van der Waals surface area contributed by atoms with Crippen LogP contribution in [-0.2, 0) is 6.42 Å². The minimum absolute atomic E-state index is 0.215. The van der Waals surface area contributed by atoms with E-state index in [1.807, 2.05) is 54.6 Å². The fourth-order valence-corrected chi connectivity index (χ4v) is 5.32. The van der Waals surface area contributed by atoms with Gasteiger partial charge in [-0.2, -0.15) is 0 Å². The van der Waals surface area contributed by atoms with E-state index in [1.54, 1.807) is 18.3 Å². The number of hydrogen-bond acceptors (Lipinski definition) is 6. The van der Waals surface area contributed by atoms with E-state index in [4.69, 9.17) is 0 Å². The number of nitrogens with one attached hydrogen (secondary N) is 4. The molecule has 2 amide bonds. The molecule has 2 aromatic heterocycles. The summed E-state index contributed by atoms with van der Waals surface area (Å²) in [4.78, 5) is 30.8. The first kappa shape index (κ1) is 24.4. The number of fused-ring (bicyclic) bond motifs is 1. The summed E-state index contributed by atoms with van der Waals surface area (Å²) < 4.78 is 15.3. The highest BCUT2D eigenvalue weighted by atomic mass is 127. The molecule has 0 fully saturated rings. The summed E-state index contributed by atoms with van der Waals surface area (Å²) in [6.45, 7) is 5.44. The van der Waals surface area contributed by atoms with Gasteiger partial charge in [0.25, 0.3) is 11.8 Å². The van der Waals surface area contributed by atoms with Gasteiger partial charge in [-0.25, -0.2) is 9.37 Å². The van der Waals surface area contributed by atoms with Crippen molar-refractivity contribution in [2.45, 2.75) is 20.3 Å². The van der Waals surface area contributed by atoms with Gasteiger partial charge in [-0.05, 0) is 70.3 Å². The van der Waals surface area contributed by atoms with Crippen molar-refractivity contribution in [3.05, 3.63) is 68.0 Å². The van der Waals surface area contributed by atoms with Gasteiger partial charge in [-0.15, -0.1) is 11.3 Å². The molecule has 7 nitrogen and oxygen atoms in total. The minimum Gasteiger partial charge on any atom is -0.368 e. The smallest absolute Gasteiger partial charge is 0.261 e. The molecule has 0 saturated carbocycles. The molecule has 0 radical (unpaired) electrons. The molecule has 10 heteroatoms. The monoisotopic (exact) mass is 593 g/mol. The largest absolute Gasteiger partial charge is 0.368 e. The second-order valence-corrected chi connectivity index (χ2v) is 11.1. The zero-order valence-electron chi connectivity index (χ0n) is 18.8. The van der Waals surface area contributed by atoms with E-state index in [0.29, 0.717) is 47.1 Å². The number of benzene rings is 1. The quantitative estimate of drug-likeness (QED) is 0.234. The van der Waals surface area contributed by atoms with Gasteiger partial charge in [0.05, 0.1) is 16.1 Å². The van der Waals surface area contributed by atoms with Crippen molar-refractivity contribution in [1.29, 1.82) is 0 Å². The molecule has 1 aromatic carbocycles. The van der Waals surface area contributed by atoms with Crippen molar-refractivity contribution in [3.63, 3.8) is 0 Å². The normalized spacial score (nSPS) is 14.5. The van der Waals surface area contributed by atoms with Crippen molar-refractivity contribution >= 4 is 62.2 Å². The van der Waals surface area contributed by atoms with Crippen LogP contribution >= 0.6 is 33.9 Å². The molecule has 3 aromatic rings. The Kier molecular flexibility index (Phi) is 7.36. The number of pyridine rings is 1. The molecular weight excluding hydrogens is 568 g/mol. The Morgan fingerprint density at radius 2 is 2.09 bits per heavy atom. The van der Waals surface area contributed by atoms with E-state index < -0.39 is 5.82 Å². The summed E-state index contributed by atoms with van der Waals surface area (Å²) in [7, 11) is 0. The van der Waals surface area contributed by atoms with Gasteiger partial charge >= 0.3 is 0 Å². The lowest BCUT2D eigenvalue weighted by Crippen LogP contribution is -2.32. The maximum atomic E-state index is 14.6. The zero-order valence-corrected chi connectivity index (χ0v) is 21.8. The van der Waals surface area contributed by atoms with E-state index >= 15 is 0 Å². The Morgan fingerprint density at radius 1 is 1.26 bits per heavy atom. The number of nitrogens with zero attached hydrogens (tertiary/aromatic N) is 1. The van der Waals surface area contributed by atoms with Crippen LogP contribution in [0.15, 0.2) is 42.6 Å². The van der Waals surface area contributed by atoms with Gasteiger partial charge in [-0.3, -0.25) is 9.59 Å². The molecule has 0 aliphatic carbocycles. The highest BCUT2D eigenvalue weighted by Crippen LogP contribution is 2.40. The molecule has 4 rings (SSSR count). The van der Waals surface area contributed by atoms with Crippen molar-refractivity contribution in [2.24, 2.45) is 5.41 Å². The molecule has 0 unspecified atom stereocenters. The first-order chi connectivity index (χ1) is 16.2. The number of hydrogen-bond donors (Lipinski definition) is 4. The number of carbonyl (C=O) groups excluding carboxylic acids is 2. The first-order valence-electron chi connectivity index (χ1n) is 10.8. The predicted molar refractivity (Wildman–Crippen MR) is 142 cm³/mol. The maximum Gasteiger partial charge on any atom is 0.261 e. The molecular formula is C24H25FIN5O2S. The second kappa shape index (κ2) is 10.3. The molecule has 0 atom stereocenters. The lowest BCUT2D eigenvalue weighted by atomic mass is 9.85. The van der Waals surface area contributed by atoms with Gasteiger partial charge in [0.1, 0.15) is 16.6 Å². The number of thiophene rings is 1. The number of aromatic nitrogens is 1. The molecule has 4 N–H and O–H groups in total. The minimum atomic E-state index is -0.425. The Morgan fingerprint density at radius 3 is 2.82 bits per heavy atom. The highest BCUT2D eigenvalue weighted by Gasteiger charge is 2.34. The zero-order chi connectivity index (χ0) is 24.3. The maximum absolute atomic E-state index is 14.6. The number of rotatable bonds is 7. The summed E-state index contributed by atoms with van der Waals surface area (Å²) in [6.07, 6.45) is 2.24. The highest BCUT2D eigenvalue weighted by molar-refractivity contribution is 14.1. The van der Waals surface area contributed by atoms with Crippen molar-refractivity contribution in [2.75, 3.05) is 30.3 Å². The van der Waals surface area contributed by atoms with Crippen LogP contribution in [0.1, 0.15) is 39.4 Å². The Bertz CT molecular complexity index is 1220. The second-order valence-electron chi connectivity index (χ2n) is 8.78. The summed E-state index contributed by atoms with van der Waals surface area (Å²) in [5.41, 5.74) is 1.10. The van der Waals surface area contributed by atoms with E-state index in [2.05, 4.69) is 26.3 Å². The standard InChI is InChI=1S/C24H25FIN5O2S/c1-24(2)12-15-19(21(32)29-10-9-28-18-5-3-4-8-27-18)23(34-20(15)22(33)30-13-24)31-17-7-6-14(26)11-16(17)25/h3-8,11,31H,9-10,12-13H2,1-2H3,(H,27,28)(H,29,32)(H,30,33). The predicted octanol–water partition coefficient (Wildman–Crippen LogP) is 4.78. The Balaban J connectivity index is 1.61. The average Bonchev–Trinajstić information content (AvgIpc) is 3.09. The van der Waals surface area contributed by atoms with Gasteiger partial charge in [-0.1, -0.05) is 19.9 Å². The van der Waals surface area contributed by atoms with Crippen LogP contribution in [0.3, 0.4) is 0 Å². The van der Waals surface area contributed by atoms with E-state index in [9.17, 15) is 14.0 Å². The first-order valence-corrected chi connectivity index (χ1v) is 12.7. The van der Waals surface area contributed by atoms with Gasteiger partial charge in [0, 0.05) is 29.4 Å². The van der Waals surface area contributed by atoms with Crippen LogP contribution in [0.4, 0.5) is 20.9 Å². The lowest BCUT2D eigenvalue weighted by Gasteiger charge is -2.22. The van der Waals surface area contributed by atoms with Crippen LogP contribution < -0.4 is 21.3 Å². The average molecular weight is 593 g/mol. The summed E-state index contributed by atoms with van der Waals surface area (Å²) >= 11 is 3.22. The SMILES string of the molecule is CC1(C)CNC(=O)c2sc(Nc3ccc(I)cc3F)c(C(=O)NCCNc3ccccn3)c2C1. The van der Waals surface area contributed by atoms with Crippen LogP contribution in [0.25, 0.3) is 0 Å². The third kappa shape index (κ3) is 5.66. The van der Waals surface area contributed by atoms with Crippen LogP contribution in [0, 0.1) is 14.8 Å². The summed E-state index contributed by atoms with van der Waals surface area (Å²) in [6, 6.07) is 10.4. The fourth-order valence-electron chi connectivity index (χ4n) is 3.72. The van der Waals surface area contributed by atoms with Crippen molar-refractivity contribution in [3.8, 4) is 0 Å². The van der Waals surface area contributed by atoms with Crippen molar-refractivity contribution < 1.29 is 14.0 Å². The molecule has 178 valence electrons. The van der Waals surface area contributed by atoms with E-state index in [0.717, 1.165) is 9.39 Å². The molecule has 0 bridgehead atoms. The number of halogens is 2. The summed E-state index contributed by atoms with van der Waals surface area (Å²) in [5.74, 6) is -0.228. The Labute approximate surface area is 215 Å². The number of anilines is 3. The molecule has 34 heavy (non-hydrogen) atoms. The van der Waals surface area contributed by atoms with Crippen molar-refractivity contribution in [1.82, 2.24) is 15.6 Å². The van der Waals surface area contributed by atoms with Crippen LogP contribution in [0.5, 0.6) is 0 Å². The van der Waals surface area contributed by atoms with Gasteiger partial charge in [0.2, 0.25) is 0 Å². The third-order valence-corrected chi connectivity index (χ3v) is 7.20. The molecule has 3 heterocycles. The fraction of sp³-hybridized carbons (Fsp3) is 0.292. The molecule has 1 aliphatic rings. The number of amides is 2. The topological polar surface area (TPSA) is 95.2 Å². The van der Waals surface area contributed by atoms with E-state index in [-0.39, 0.29) is 22.9 Å². The summed E-state index contributed by atoms with van der Waals surface area (Å²) in [5, 5.41) is 12.5. The third-order valence-electron chi connectivity index (χ3n) is 5.38. The van der Waals surface area contributed by atoms with Crippen LogP contribution in [-0.4, -0.2) is 36.4 Å². The van der Waals surface area contributed by atoms with E-state index in [1.165, 1.54) is 17.4 Å². The van der Waals surface area contributed by atoms with Crippen LogP contribution in [0.2, 0.25) is 0 Å². The lowest BCUT2D eigenvalue weighted by molar-refractivity contribution is 0.0945. The molecule has 0 spiro atoms.